The molecule has 4 aromatic carbocycles. The number of tetrazole rings is 2. The van der Waals surface area contributed by atoms with Gasteiger partial charge in [0.2, 0.25) is 23.5 Å². The van der Waals surface area contributed by atoms with Crippen LogP contribution in [0.1, 0.15) is 109 Å². The van der Waals surface area contributed by atoms with Gasteiger partial charge in [-0.15, -0.1) is 20.4 Å². The van der Waals surface area contributed by atoms with Gasteiger partial charge < -0.3 is 30.4 Å². The Morgan fingerprint density at radius 2 is 0.939 bits per heavy atom. The number of benzene rings is 4. The maximum Gasteiger partial charge on any atom is 0.477 e. The molecule has 0 atom stereocenters. The molecule has 4 aromatic heterocycles. The minimum Gasteiger partial charge on any atom is -0.355 e. The number of aromatic amines is 2. The highest BCUT2D eigenvalue weighted by Gasteiger charge is 2.25. The number of aromatic nitrogens is 12. The Kier molecular flexibility index (Phi) is 21.7. The standard InChI is InChI=1S/C56H63Cl2N17O7/c1-3-5-19-45-63-51(57)49(73(45)35-37-21-25-39(26-22-37)41-15-7-9-17-43(41)53-65-69-70-66-53)55(78)61-33-47(76)59-29-11-13-31-81-75(80)82-32-14-12-30-60-48(77)34-62-56(79)50-52(58)64-46(20-6-4-2)74(50)36-38-23-27-40(28-24-38)42-16-8-10-18-44(42)54-67-71-72-68-54/h7-10,15-18,21-28H,3-6,11-14,19-20,29-36H2,1-2H3,(H5-,59,60,61,62,65,66,67,68,69,70,71,72,76,77,78,79)/p+1. The topological polar surface area (TPSA) is 300 Å². The second-order valence-electron chi connectivity index (χ2n) is 19.0. The number of halogens is 2. The van der Waals surface area contributed by atoms with E-state index in [-0.39, 0.29) is 66.2 Å². The number of aryl methyl sites for hydroxylation is 2. The van der Waals surface area contributed by atoms with E-state index < -0.39 is 23.6 Å². The average Bonchev–Trinajstić information content (AvgIpc) is 4.35. The number of unbranched alkanes of at least 4 members (excludes halogenated alkanes) is 4. The van der Waals surface area contributed by atoms with Crippen molar-refractivity contribution in [2.75, 3.05) is 39.4 Å². The molecule has 4 heterocycles. The summed E-state index contributed by atoms with van der Waals surface area (Å²) in [5.41, 5.74) is 7.61. The van der Waals surface area contributed by atoms with Crippen molar-refractivity contribution in [1.29, 1.82) is 0 Å². The van der Waals surface area contributed by atoms with Crippen molar-refractivity contribution >= 4 is 46.8 Å². The van der Waals surface area contributed by atoms with E-state index in [1.807, 2.05) is 97.1 Å². The molecule has 0 aliphatic heterocycles. The summed E-state index contributed by atoms with van der Waals surface area (Å²) in [4.78, 5) is 83.9. The molecule has 0 bridgehead atoms. The van der Waals surface area contributed by atoms with Gasteiger partial charge in [0, 0.05) is 50.1 Å². The number of nitrogens with one attached hydrogen (secondary N) is 6. The van der Waals surface area contributed by atoms with Gasteiger partial charge in [-0.1, -0.05) is 147 Å². The first kappa shape index (κ1) is 59.2. The monoisotopic (exact) mass is 1160 g/mol. The minimum atomic E-state index is -0.531. The van der Waals surface area contributed by atoms with E-state index >= 15 is 0 Å². The van der Waals surface area contributed by atoms with Crippen LogP contribution >= 0.6 is 23.2 Å². The Balaban J connectivity index is 0.695. The number of carbonyl (C=O) groups excluding carboxylic acids is 4. The SMILES string of the molecule is CCCCc1nc(Cl)c(C(=O)NCC(=O)NCCCCO[N+](=O)OCCCCNC(=O)CNC(=O)c2c(Cl)nc(CCCC)n2Cc2ccc(-c3ccccc3-c3nn[nH]n3)cc2)n1Cc1ccc(-c2ccccc2-c2nn[nH]n2)cc1. The lowest BCUT2D eigenvalue weighted by Crippen LogP contribution is -2.38. The summed E-state index contributed by atoms with van der Waals surface area (Å²) in [6.45, 7) is 4.84. The predicted molar refractivity (Wildman–Crippen MR) is 305 cm³/mol. The Hall–Kier alpha value is -8.90. The molecule has 428 valence electrons. The third kappa shape index (κ3) is 16.1. The van der Waals surface area contributed by atoms with Gasteiger partial charge in [-0.2, -0.15) is 20.1 Å². The number of carbonyl (C=O) groups is 4. The molecular weight excluding hydrogens is 1090 g/mol. The van der Waals surface area contributed by atoms with Gasteiger partial charge in [-0.3, -0.25) is 19.2 Å². The molecule has 0 saturated heterocycles. The number of imidazole rings is 2. The third-order valence-corrected chi connectivity index (χ3v) is 13.7. The largest absolute Gasteiger partial charge is 0.477 e. The Morgan fingerprint density at radius 1 is 0.537 bits per heavy atom. The van der Waals surface area contributed by atoms with Crippen LogP contribution in [-0.4, -0.2) is 128 Å². The van der Waals surface area contributed by atoms with E-state index in [4.69, 9.17) is 32.9 Å². The maximum atomic E-state index is 13.6. The van der Waals surface area contributed by atoms with Crippen molar-refractivity contribution in [3.63, 3.8) is 0 Å². The summed E-state index contributed by atoms with van der Waals surface area (Å²) >= 11 is 13.2. The zero-order valence-corrected chi connectivity index (χ0v) is 47.0. The molecule has 82 heavy (non-hydrogen) atoms. The van der Waals surface area contributed by atoms with Crippen molar-refractivity contribution < 1.29 is 33.9 Å². The summed E-state index contributed by atoms with van der Waals surface area (Å²) in [7, 11) is 0. The van der Waals surface area contributed by atoms with E-state index in [2.05, 4.69) is 86.3 Å². The van der Waals surface area contributed by atoms with Crippen LogP contribution in [0.3, 0.4) is 0 Å². The molecule has 4 amide bonds. The molecule has 0 spiro atoms. The number of rotatable bonds is 32. The van der Waals surface area contributed by atoms with E-state index in [1.165, 1.54) is 0 Å². The molecule has 0 radical (unpaired) electrons. The quantitative estimate of drug-likeness (QED) is 0.0176. The third-order valence-electron chi connectivity index (χ3n) is 13.2. The first-order chi connectivity index (χ1) is 40.0. The van der Waals surface area contributed by atoms with Crippen molar-refractivity contribution in [1.82, 2.24) is 81.6 Å². The van der Waals surface area contributed by atoms with Crippen LogP contribution in [0.15, 0.2) is 97.1 Å². The normalized spacial score (nSPS) is 11.1. The molecule has 0 saturated carbocycles. The van der Waals surface area contributed by atoms with E-state index in [1.54, 1.807) is 9.13 Å². The lowest BCUT2D eigenvalue weighted by atomic mass is 9.98. The van der Waals surface area contributed by atoms with Gasteiger partial charge >= 0.3 is 5.09 Å². The molecular formula is C56H64Cl2N17O7+. The van der Waals surface area contributed by atoms with Crippen molar-refractivity contribution in [2.45, 2.75) is 91.1 Å². The Labute approximate surface area is 482 Å². The van der Waals surface area contributed by atoms with Crippen LogP contribution in [-0.2, 0) is 45.2 Å². The van der Waals surface area contributed by atoms with Crippen LogP contribution in [0, 0.1) is 4.91 Å². The molecule has 0 unspecified atom stereocenters. The predicted octanol–water partition coefficient (Wildman–Crippen LogP) is 7.46. The van der Waals surface area contributed by atoms with Crippen molar-refractivity contribution in [3.8, 4) is 45.0 Å². The molecule has 0 fully saturated rings. The molecule has 6 N–H and O–H groups in total. The lowest BCUT2D eigenvalue weighted by molar-refractivity contribution is -0.981. The molecule has 8 aromatic rings. The fourth-order valence-electron chi connectivity index (χ4n) is 8.95. The first-order valence-corrected chi connectivity index (χ1v) is 27.9. The van der Waals surface area contributed by atoms with Crippen molar-refractivity contribution in [3.05, 3.63) is 146 Å². The van der Waals surface area contributed by atoms with Crippen LogP contribution in [0.2, 0.25) is 10.3 Å². The second-order valence-corrected chi connectivity index (χ2v) is 19.8. The van der Waals surface area contributed by atoms with Gasteiger partial charge in [0.1, 0.15) is 27.9 Å². The lowest BCUT2D eigenvalue weighted by Gasteiger charge is -2.14. The highest BCUT2D eigenvalue weighted by molar-refractivity contribution is 6.33. The average molecular weight is 1160 g/mol. The number of hydrogen-bond acceptors (Lipinski definition) is 15. The fraction of sp³-hybridized carbons (Fsp3) is 0.357. The Bertz CT molecular complexity index is 3170. The van der Waals surface area contributed by atoms with Gasteiger partial charge in [0.05, 0.1) is 13.1 Å². The van der Waals surface area contributed by atoms with Crippen LogP contribution < -0.4 is 21.3 Å². The zero-order chi connectivity index (χ0) is 57.6. The highest BCUT2D eigenvalue weighted by atomic mass is 35.5. The summed E-state index contributed by atoms with van der Waals surface area (Å²) in [5, 5.41) is 40.0. The first-order valence-electron chi connectivity index (χ1n) is 27.2. The van der Waals surface area contributed by atoms with E-state index in [0.29, 0.717) is 74.9 Å². The smallest absolute Gasteiger partial charge is 0.355 e. The summed E-state index contributed by atoms with van der Waals surface area (Å²) in [6.07, 6.45) is 6.60. The fourth-order valence-corrected chi connectivity index (χ4v) is 9.52. The van der Waals surface area contributed by atoms with Crippen LogP contribution in [0.4, 0.5) is 0 Å². The summed E-state index contributed by atoms with van der Waals surface area (Å²) < 4.78 is 3.60. The van der Waals surface area contributed by atoms with E-state index in [9.17, 15) is 24.1 Å². The van der Waals surface area contributed by atoms with Gasteiger partial charge in [-0.05, 0) is 82.3 Å². The van der Waals surface area contributed by atoms with E-state index in [0.717, 1.165) is 70.2 Å². The molecule has 0 aliphatic rings. The van der Waals surface area contributed by atoms with Gasteiger partial charge in [0.25, 0.3) is 11.8 Å². The Morgan fingerprint density at radius 3 is 1.32 bits per heavy atom. The molecule has 26 heteroatoms. The maximum absolute atomic E-state index is 13.6. The molecule has 0 aliphatic carbocycles. The van der Waals surface area contributed by atoms with Crippen molar-refractivity contribution in [2.24, 2.45) is 0 Å². The highest BCUT2D eigenvalue weighted by Crippen LogP contribution is 2.32. The van der Waals surface area contributed by atoms with Gasteiger partial charge in [0.15, 0.2) is 23.5 Å². The molecule has 8 rings (SSSR count). The van der Waals surface area contributed by atoms with Gasteiger partial charge in [-0.25, -0.2) is 9.97 Å². The zero-order valence-electron chi connectivity index (χ0n) is 45.5. The summed E-state index contributed by atoms with van der Waals surface area (Å²) in [6, 6.07) is 31.4. The number of hydrogen-bond donors (Lipinski definition) is 6. The number of nitrogens with zero attached hydrogens (tertiary/aromatic N) is 11. The number of amides is 4. The summed E-state index contributed by atoms with van der Waals surface area (Å²) in [5.74, 6) is 0.436. The minimum absolute atomic E-state index is 0.0377. The number of H-pyrrole nitrogens is 2. The van der Waals surface area contributed by atoms with Crippen LogP contribution in [0.25, 0.3) is 45.0 Å². The van der Waals surface area contributed by atoms with Crippen LogP contribution in [0.5, 0.6) is 0 Å². The second kappa shape index (κ2) is 30.1. The molecule has 24 nitrogen and oxygen atoms in total.